The maximum Gasteiger partial charge on any atom is 0.231 e. The van der Waals surface area contributed by atoms with Gasteiger partial charge in [0.05, 0.1) is 17.7 Å². The number of allylic oxidation sites excluding steroid dienone is 1. The Bertz CT molecular complexity index is 1460. The number of phenols is 1. The lowest BCUT2D eigenvalue weighted by Gasteiger charge is -2.14. The van der Waals surface area contributed by atoms with E-state index < -0.39 is 0 Å². The Morgan fingerprint density at radius 2 is 2.05 bits per heavy atom. The molecule has 5 rings (SSSR count). The van der Waals surface area contributed by atoms with Gasteiger partial charge in [-0.25, -0.2) is 9.97 Å². The van der Waals surface area contributed by atoms with Gasteiger partial charge < -0.3 is 30.0 Å². The minimum atomic E-state index is 0.0768. The van der Waals surface area contributed by atoms with E-state index in [4.69, 9.17) is 14.2 Å². The van der Waals surface area contributed by atoms with E-state index >= 15 is 0 Å². The van der Waals surface area contributed by atoms with Gasteiger partial charge in [0.1, 0.15) is 11.6 Å². The molecule has 1 saturated heterocycles. The third-order valence-corrected chi connectivity index (χ3v) is 6.04. The first kappa shape index (κ1) is 27.4. The number of para-hydroxylation sites is 1. The number of hydrogen-bond acceptors (Lipinski definition) is 8. The molecule has 1 aliphatic heterocycles. The monoisotopic (exact) mass is 528 g/mol. The normalized spacial score (nSPS) is 14.3. The van der Waals surface area contributed by atoms with Crippen LogP contribution in [0.25, 0.3) is 22.3 Å². The standard InChI is InChI=1S/C20H22N4O2.C10H10O3/c1-13-7-8-15-17(11-13)23-20(16-5-3-4-6-18(16)26)24-19(15)21-10-9-14(2)22-12-25;1-11-6-8-4-2-3-5-9-10(8)13-7-12-9/h3-8,11-12,14,26H,9-10H2,1-2H3,(H,22,25)(H,21,23,24);3-5H,6-7H2,1H3/t14-;/m0./s1. The number of aryl methyl sites for hydroxylation is 1. The van der Waals surface area contributed by atoms with E-state index in [0.29, 0.717) is 36.8 Å². The maximum absolute atomic E-state index is 10.5. The average molecular weight is 529 g/mol. The van der Waals surface area contributed by atoms with Crippen molar-refractivity contribution < 1.29 is 24.1 Å². The van der Waals surface area contributed by atoms with Gasteiger partial charge in [-0.15, -0.1) is 5.73 Å². The van der Waals surface area contributed by atoms with E-state index in [9.17, 15) is 9.90 Å². The summed E-state index contributed by atoms with van der Waals surface area (Å²) < 4.78 is 15.6. The summed E-state index contributed by atoms with van der Waals surface area (Å²) in [6.45, 7) is 5.42. The Morgan fingerprint density at radius 3 is 2.85 bits per heavy atom. The van der Waals surface area contributed by atoms with E-state index in [1.165, 1.54) is 0 Å². The van der Waals surface area contributed by atoms with E-state index in [0.717, 1.165) is 40.0 Å². The number of phenolic OH excluding ortho intramolecular Hbond substituents is 1. The molecule has 3 N–H and O–H groups in total. The second kappa shape index (κ2) is 13.3. The zero-order chi connectivity index (χ0) is 27.6. The number of hydrogen-bond donors (Lipinski definition) is 3. The molecule has 2 heterocycles. The van der Waals surface area contributed by atoms with Gasteiger partial charge in [-0.1, -0.05) is 18.2 Å². The molecule has 3 aromatic rings. The summed E-state index contributed by atoms with van der Waals surface area (Å²) in [6.07, 6.45) is 6.96. The molecule has 0 unspecified atom stereocenters. The molecule has 39 heavy (non-hydrogen) atoms. The van der Waals surface area contributed by atoms with Crippen molar-refractivity contribution in [2.75, 3.05) is 32.4 Å². The van der Waals surface area contributed by atoms with Crippen molar-refractivity contribution >= 4 is 23.1 Å². The fourth-order valence-corrected chi connectivity index (χ4v) is 4.03. The molecule has 9 nitrogen and oxygen atoms in total. The van der Waals surface area contributed by atoms with Crippen LogP contribution in [0.1, 0.15) is 18.9 Å². The summed E-state index contributed by atoms with van der Waals surface area (Å²) in [5, 5.41) is 17.1. The molecule has 1 amide bonds. The van der Waals surface area contributed by atoms with Gasteiger partial charge in [0, 0.05) is 30.7 Å². The molecular formula is C30H32N4O5. The van der Waals surface area contributed by atoms with Crippen LogP contribution in [0, 0.1) is 6.92 Å². The van der Waals surface area contributed by atoms with E-state index in [1.807, 2.05) is 50.3 Å². The number of ether oxygens (including phenoxy) is 3. The molecule has 202 valence electrons. The summed E-state index contributed by atoms with van der Waals surface area (Å²) in [5.74, 6) is 2.86. The first-order valence-electron chi connectivity index (χ1n) is 12.6. The number of fused-ring (bicyclic) bond motifs is 2. The number of nitrogens with one attached hydrogen (secondary N) is 2. The van der Waals surface area contributed by atoms with Crippen molar-refractivity contribution in [2.24, 2.45) is 0 Å². The Kier molecular flexibility index (Phi) is 9.34. The number of anilines is 1. The summed E-state index contributed by atoms with van der Waals surface area (Å²) in [4.78, 5) is 19.8. The number of rotatable bonds is 9. The lowest BCUT2D eigenvalue weighted by Crippen LogP contribution is -2.26. The third-order valence-electron chi connectivity index (χ3n) is 6.04. The highest BCUT2D eigenvalue weighted by molar-refractivity contribution is 5.91. The van der Waals surface area contributed by atoms with Crippen molar-refractivity contribution in [3.05, 3.63) is 89.1 Å². The molecule has 9 heteroatoms. The fourth-order valence-electron chi connectivity index (χ4n) is 4.03. The van der Waals surface area contributed by atoms with Crippen LogP contribution >= 0.6 is 0 Å². The first-order chi connectivity index (χ1) is 19.0. The van der Waals surface area contributed by atoms with Crippen LogP contribution < -0.4 is 10.6 Å². The number of nitrogens with zero attached hydrogens (tertiary/aromatic N) is 2. The molecule has 1 atom stereocenters. The largest absolute Gasteiger partial charge is 0.507 e. The van der Waals surface area contributed by atoms with E-state index in [1.54, 1.807) is 31.4 Å². The number of benzene rings is 2. The van der Waals surface area contributed by atoms with E-state index in [-0.39, 0.29) is 18.6 Å². The number of aromatic nitrogens is 2. The Hall–Kier alpha value is -4.59. The van der Waals surface area contributed by atoms with Crippen LogP contribution in [0.3, 0.4) is 0 Å². The van der Waals surface area contributed by atoms with Gasteiger partial charge in [-0.3, -0.25) is 4.79 Å². The van der Waals surface area contributed by atoms with Crippen LogP contribution in [-0.4, -0.2) is 54.6 Å². The van der Waals surface area contributed by atoms with Crippen molar-refractivity contribution in [2.45, 2.75) is 26.3 Å². The molecule has 1 aromatic heterocycles. The molecule has 0 saturated carbocycles. The smallest absolute Gasteiger partial charge is 0.231 e. The van der Waals surface area contributed by atoms with Crippen LogP contribution in [-0.2, 0) is 19.0 Å². The molecule has 1 fully saturated rings. The van der Waals surface area contributed by atoms with Crippen LogP contribution in [0.15, 0.2) is 83.5 Å². The van der Waals surface area contributed by atoms with Gasteiger partial charge in [-0.05, 0) is 68.3 Å². The minimum Gasteiger partial charge on any atom is -0.507 e. The molecule has 2 aliphatic rings. The highest BCUT2D eigenvalue weighted by Gasteiger charge is 2.20. The fraction of sp³-hybridized carbons (Fsp3) is 0.267. The predicted octanol–water partition coefficient (Wildman–Crippen LogP) is 4.75. The zero-order valence-corrected chi connectivity index (χ0v) is 22.2. The summed E-state index contributed by atoms with van der Waals surface area (Å²) in [6, 6.07) is 13.1. The van der Waals surface area contributed by atoms with Gasteiger partial charge in [-0.2, -0.15) is 0 Å². The molecular weight excluding hydrogens is 496 g/mol. The van der Waals surface area contributed by atoms with Crippen molar-refractivity contribution in [1.82, 2.24) is 15.3 Å². The Balaban J connectivity index is 0.000000226. The number of methoxy groups -OCH3 is 1. The lowest BCUT2D eigenvalue weighted by molar-refractivity contribution is -0.110. The van der Waals surface area contributed by atoms with Gasteiger partial charge in [0.25, 0.3) is 0 Å². The average Bonchev–Trinajstić information content (AvgIpc) is 3.31. The number of carbonyl (C=O) groups is 1. The van der Waals surface area contributed by atoms with Gasteiger partial charge in [0.15, 0.2) is 17.3 Å². The second-order valence-electron chi connectivity index (χ2n) is 9.04. The van der Waals surface area contributed by atoms with Crippen molar-refractivity contribution in [1.29, 1.82) is 0 Å². The second-order valence-corrected chi connectivity index (χ2v) is 9.04. The summed E-state index contributed by atoms with van der Waals surface area (Å²) >= 11 is 0. The molecule has 0 spiro atoms. The Labute approximate surface area is 227 Å². The lowest BCUT2D eigenvalue weighted by atomic mass is 10.1. The summed E-state index contributed by atoms with van der Waals surface area (Å²) in [5.41, 5.74) is 6.46. The highest BCUT2D eigenvalue weighted by atomic mass is 16.7. The Morgan fingerprint density at radius 1 is 1.21 bits per heavy atom. The zero-order valence-electron chi connectivity index (χ0n) is 22.2. The topological polar surface area (TPSA) is 115 Å². The van der Waals surface area contributed by atoms with Crippen LogP contribution in [0.5, 0.6) is 5.75 Å². The van der Waals surface area contributed by atoms with Crippen LogP contribution in [0.2, 0.25) is 0 Å². The third kappa shape index (κ3) is 7.04. The van der Waals surface area contributed by atoms with E-state index in [2.05, 4.69) is 26.3 Å². The first-order valence-corrected chi connectivity index (χ1v) is 12.6. The van der Waals surface area contributed by atoms with Crippen molar-refractivity contribution in [3.8, 4) is 17.1 Å². The number of aromatic hydroxyl groups is 1. The van der Waals surface area contributed by atoms with Gasteiger partial charge in [0.2, 0.25) is 13.2 Å². The molecule has 2 aromatic carbocycles. The molecule has 0 radical (unpaired) electrons. The predicted molar refractivity (Wildman–Crippen MR) is 150 cm³/mol. The molecule has 1 aliphatic carbocycles. The number of amides is 1. The molecule has 0 bridgehead atoms. The number of carbonyl (C=O) groups excluding carboxylic acids is 1. The SMILES string of the molecule is COCC1=C2OCOC2=CC=C=C1.Cc1ccc2c(NCC[C@H](C)NC=O)nc(-c3ccccc3O)nc2c1. The maximum atomic E-state index is 10.5. The van der Waals surface area contributed by atoms with Crippen molar-refractivity contribution in [3.63, 3.8) is 0 Å². The highest BCUT2D eigenvalue weighted by Crippen LogP contribution is 2.30. The van der Waals surface area contributed by atoms with Gasteiger partial charge >= 0.3 is 0 Å². The quantitative estimate of drug-likeness (QED) is 0.269. The minimum absolute atomic E-state index is 0.0768. The van der Waals surface area contributed by atoms with Crippen LogP contribution in [0.4, 0.5) is 5.82 Å². The summed E-state index contributed by atoms with van der Waals surface area (Å²) in [7, 11) is 1.65.